The molecule has 0 bridgehead atoms. The van der Waals surface area contributed by atoms with Gasteiger partial charge in [-0.3, -0.25) is 4.57 Å². The predicted molar refractivity (Wildman–Crippen MR) is 123 cm³/mol. The van der Waals surface area contributed by atoms with E-state index in [1.54, 1.807) is 12.1 Å². The van der Waals surface area contributed by atoms with Gasteiger partial charge in [0.15, 0.2) is 5.78 Å². The Bertz CT molecular complexity index is 825. The third-order valence-electron chi connectivity index (χ3n) is 4.50. The third kappa shape index (κ3) is 6.56. The topological polar surface area (TPSA) is 50.8 Å². The monoisotopic (exact) mass is 436 g/mol. The lowest BCUT2D eigenvalue weighted by Crippen LogP contribution is -2.22. The summed E-state index contributed by atoms with van der Waals surface area (Å²) in [5.74, 6) is -1.16. The molecule has 0 fully saturated rings. The van der Waals surface area contributed by atoms with Crippen LogP contribution in [0.25, 0.3) is 0 Å². The van der Waals surface area contributed by atoms with Crippen LogP contribution in [-0.2, 0) is 13.6 Å². The van der Waals surface area contributed by atoms with E-state index >= 15 is 0 Å². The number of benzene rings is 2. The molecule has 166 valence electrons. The highest BCUT2D eigenvalue weighted by atomic mass is 31.2. The van der Waals surface area contributed by atoms with Crippen molar-refractivity contribution in [2.45, 2.75) is 59.5 Å². The highest BCUT2D eigenvalue weighted by Gasteiger charge is 2.39. The van der Waals surface area contributed by atoms with Gasteiger partial charge in [0.05, 0.1) is 12.2 Å². The Hall–Kier alpha value is -1.88. The molecule has 0 aliphatic heterocycles. The van der Waals surface area contributed by atoms with Crippen molar-refractivity contribution in [3.63, 3.8) is 0 Å². The van der Waals surface area contributed by atoms with Crippen LogP contribution in [0.5, 0.6) is 0 Å². The fraction of sp³-hybridized carbons (Fsp3) is 0.478. The minimum atomic E-state index is -3.64. The molecule has 0 amide bonds. The first-order valence-corrected chi connectivity index (χ1v) is 12.1. The average molecular weight is 437 g/mol. The van der Waals surface area contributed by atoms with Crippen molar-refractivity contribution < 1.29 is 18.0 Å². The summed E-state index contributed by atoms with van der Waals surface area (Å²) in [4.78, 5) is 2.23. The minimum absolute atomic E-state index is 0.304. The molecule has 2 rings (SSSR count). The lowest BCUT2D eigenvalue weighted by molar-refractivity contribution is 0.138. The normalized spacial score (nSPS) is 13.0. The highest BCUT2D eigenvalue weighted by molar-refractivity contribution is 7.54. The molecule has 0 radical (unpaired) electrons. The van der Waals surface area contributed by atoms with E-state index < -0.39 is 13.4 Å². The number of hydrogen-bond donors (Lipinski definition) is 1. The number of rotatable bonds is 11. The molecule has 0 aliphatic rings. The summed E-state index contributed by atoms with van der Waals surface area (Å²) in [6, 6.07) is 13.9. The van der Waals surface area contributed by atoms with Gasteiger partial charge in [-0.1, -0.05) is 18.2 Å². The molecule has 2 aromatic carbocycles. The molecule has 0 spiro atoms. The first-order chi connectivity index (χ1) is 14.2. The molecule has 0 heterocycles. The summed E-state index contributed by atoms with van der Waals surface area (Å²) in [7, 11) is -3.64. The summed E-state index contributed by atoms with van der Waals surface area (Å²) in [5, 5.41) is 3.20. The van der Waals surface area contributed by atoms with Crippen molar-refractivity contribution >= 4 is 19.0 Å². The predicted octanol–water partition coefficient (Wildman–Crippen LogP) is 6.83. The summed E-state index contributed by atoms with van der Waals surface area (Å²) < 4.78 is 39.4. The summed E-state index contributed by atoms with van der Waals surface area (Å²) in [6.07, 6.45) is -0.609. The van der Waals surface area contributed by atoms with E-state index in [4.69, 9.17) is 9.05 Å². The molecule has 1 atom stereocenters. The number of nitrogens with zero attached hydrogens (tertiary/aromatic N) is 1. The maximum absolute atomic E-state index is 13.9. The van der Waals surface area contributed by atoms with Crippen molar-refractivity contribution in [2.24, 2.45) is 0 Å². The van der Waals surface area contributed by atoms with Crippen LogP contribution in [0.3, 0.4) is 0 Å². The summed E-state index contributed by atoms with van der Waals surface area (Å²) in [5.41, 5.74) is 2.34. The Morgan fingerprint density at radius 3 is 2.00 bits per heavy atom. The SMILES string of the molecule is CCN(CC)c1ccc(C(Nc2cccc(F)c2)P(=O)(OC(C)C)OC(C)C)cc1. The smallest absolute Gasteiger partial charge is 0.357 e. The molecule has 0 saturated heterocycles. The second-order valence-electron chi connectivity index (χ2n) is 7.67. The molecular weight excluding hydrogens is 402 g/mol. The van der Waals surface area contributed by atoms with Gasteiger partial charge in [-0.05, 0) is 77.4 Å². The molecule has 30 heavy (non-hydrogen) atoms. The van der Waals surface area contributed by atoms with Gasteiger partial charge in [-0.15, -0.1) is 0 Å². The third-order valence-corrected chi connectivity index (χ3v) is 6.99. The first kappa shape index (κ1) is 24.4. The van der Waals surface area contributed by atoms with Crippen LogP contribution < -0.4 is 10.2 Å². The minimum Gasteiger partial charge on any atom is -0.372 e. The molecule has 0 saturated carbocycles. The van der Waals surface area contributed by atoms with Gasteiger partial charge in [-0.25, -0.2) is 4.39 Å². The van der Waals surface area contributed by atoms with Crippen molar-refractivity contribution in [3.8, 4) is 0 Å². The second-order valence-corrected chi connectivity index (χ2v) is 9.69. The van der Waals surface area contributed by atoms with E-state index in [2.05, 4.69) is 24.1 Å². The maximum Gasteiger partial charge on any atom is 0.357 e. The maximum atomic E-state index is 13.9. The second kappa shape index (κ2) is 10.9. The van der Waals surface area contributed by atoms with Crippen molar-refractivity contribution in [1.29, 1.82) is 0 Å². The average Bonchev–Trinajstić information content (AvgIpc) is 2.66. The Morgan fingerprint density at radius 1 is 0.967 bits per heavy atom. The zero-order valence-corrected chi connectivity index (χ0v) is 19.7. The molecule has 0 aliphatic carbocycles. The number of nitrogens with one attached hydrogen (secondary N) is 1. The van der Waals surface area contributed by atoms with E-state index in [1.165, 1.54) is 12.1 Å². The van der Waals surface area contributed by atoms with Crippen molar-refractivity contribution in [3.05, 3.63) is 59.9 Å². The van der Waals surface area contributed by atoms with E-state index in [9.17, 15) is 8.96 Å². The van der Waals surface area contributed by atoms with Crippen LogP contribution in [0.15, 0.2) is 48.5 Å². The zero-order chi connectivity index (χ0) is 22.3. The van der Waals surface area contributed by atoms with Gasteiger partial charge in [-0.2, -0.15) is 0 Å². The van der Waals surface area contributed by atoms with E-state index in [0.717, 1.165) is 24.3 Å². The quantitative estimate of drug-likeness (QED) is 0.392. The van der Waals surface area contributed by atoms with Crippen LogP contribution in [0, 0.1) is 5.82 Å². The van der Waals surface area contributed by atoms with Gasteiger partial charge in [0.2, 0.25) is 0 Å². The largest absolute Gasteiger partial charge is 0.372 e. The van der Waals surface area contributed by atoms with Gasteiger partial charge in [0, 0.05) is 24.5 Å². The Balaban J connectivity index is 2.50. The molecule has 5 nitrogen and oxygen atoms in total. The molecule has 1 unspecified atom stereocenters. The lowest BCUT2D eigenvalue weighted by atomic mass is 10.2. The van der Waals surface area contributed by atoms with Crippen LogP contribution in [0.4, 0.5) is 15.8 Å². The van der Waals surface area contributed by atoms with Gasteiger partial charge >= 0.3 is 7.60 Å². The van der Waals surface area contributed by atoms with Gasteiger partial charge in [0.1, 0.15) is 5.82 Å². The molecule has 2 aromatic rings. The van der Waals surface area contributed by atoms with Gasteiger partial charge < -0.3 is 19.3 Å². The Labute approximate surface area is 180 Å². The summed E-state index contributed by atoms with van der Waals surface area (Å²) in [6.45, 7) is 13.3. The summed E-state index contributed by atoms with van der Waals surface area (Å²) >= 11 is 0. The van der Waals surface area contributed by atoms with E-state index in [0.29, 0.717) is 5.69 Å². The molecular formula is C23H34FN2O3P. The lowest BCUT2D eigenvalue weighted by Gasteiger charge is -2.31. The number of halogens is 1. The van der Waals surface area contributed by atoms with Crippen LogP contribution in [0.2, 0.25) is 0 Å². The number of anilines is 2. The molecule has 7 heteroatoms. The Morgan fingerprint density at radius 2 is 1.53 bits per heavy atom. The number of hydrogen-bond acceptors (Lipinski definition) is 5. The molecule has 0 aromatic heterocycles. The van der Waals surface area contributed by atoms with E-state index in [1.807, 2.05) is 52.0 Å². The molecule has 1 N–H and O–H groups in total. The van der Waals surface area contributed by atoms with Crippen LogP contribution in [-0.4, -0.2) is 25.3 Å². The Kier molecular flexibility index (Phi) is 8.90. The van der Waals surface area contributed by atoms with Gasteiger partial charge in [0.25, 0.3) is 0 Å². The fourth-order valence-electron chi connectivity index (χ4n) is 3.27. The van der Waals surface area contributed by atoms with Crippen LogP contribution >= 0.6 is 7.60 Å². The van der Waals surface area contributed by atoms with E-state index in [-0.39, 0.29) is 18.0 Å². The van der Waals surface area contributed by atoms with Crippen molar-refractivity contribution in [2.75, 3.05) is 23.3 Å². The van der Waals surface area contributed by atoms with Crippen LogP contribution in [0.1, 0.15) is 52.9 Å². The fourth-order valence-corrected chi connectivity index (χ4v) is 5.58. The van der Waals surface area contributed by atoms with Crippen molar-refractivity contribution in [1.82, 2.24) is 0 Å². The highest BCUT2D eigenvalue weighted by Crippen LogP contribution is 2.62. The standard InChI is InChI=1S/C23H34FN2O3P/c1-7-26(8-2)22-14-12-19(13-15-22)23(25-21-11-9-10-20(24)16-21)30(27,28-17(3)4)29-18(5)6/h9-18,23,25H,7-8H2,1-6H3. The first-order valence-electron chi connectivity index (χ1n) is 10.5. The zero-order valence-electron chi connectivity index (χ0n) is 18.8.